The smallest absolute Gasteiger partial charge is 0.270 e. The molecular weight excluding hydrogens is 371 g/mol. The number of carbonyl (C=O) groups excluding carboxylic acids is 1. The molecule has 0 fully saturated rings. The standard InChI is InChI=1S/C18H17FN4O3S/c1-12-3-4-17(16(19)7-12)27(25,26)23-6-5-14(11-23)18(24)22-10-15-9-20-13(2)8-21-15/h3-9,11H,10H2,1-2H3,(H,22,24). The molecule has 0 atom stereocenters. The first kappa shape index (κ1) is 18.7. The fraction of sp³-hybridized carbons (Fsp3) is 0.167. The van der Waals surface area contributed by atoms with Gasteiger partial charge in [0.1, 0.15) is 10.7 Å². The molecule has 0 bridgehead atoms. The van der Waals surface area contributed by atoms with Crippen molar-refractivity contribution in [1.82, 2.24) is 19.3 Å². The van der Waals surface area contributed by atoms with Crippen LogP contribution in [0.1, 0.15) is 27.3 Å². The van der Waals surface area contributed by atoms with Crippen LogP contribution in [0.15, 0.2) is 53.9 Å². The molecule has 1 amide bonds. The van der Waals surface area contributed by atoms with Gasteiger partial charge in [-0.25, -0.2) is 16.8 Å². The van der Waals surface area contributed by atoms with Crippen molar-refractivity contribution in [3.05, 3.63) is 77.4 Å². The number of aromatic nitrogens is 3. The van der Waals surface area contributed by atoms with Gasteiger partial charge in [0.05, 0.1) is 29.7 Å². The number of aryl methyl sites for hydroxylation is 2. The summed E-state index contributed by atoms with van der Waals surface area (Å²) >= 11 is 0. The summed E-state index contributed by atoms with van der Waals surface area (Å²) in [5, 5.41) is 2.63. The number of rotatable bonds is 5. The Kier molecular flexibility index (Phi) is 5.04. The Bertz CT molecular complexity index is 1090. The van der Waals surface area contributed by atoms with Crippen LogP contribution in [0.4, 0.5) is 4.39 Å². The number of amides is 1. The van der Waals surface area contributed by atoms with Crippen LogP contribution in [-0.4, -0.2) is 28.3 Å². The average molecular weight is 388 g/mol. The maximum absolute atomic E-state index is 14.0. The second-order valence-corrected chi connectivity index (χ2v) is 7.81. The summed E-state index contributed by atoms with van der Waals surface area (Å²) in [6, 6.07) is 5.21. The highest BCUT2D eigenvalue weighted by Gasteiger charge is 2.22. The fourth-order valence-corrected chi connectivity index (χ4v) is 3.62. The van der Waals surface area contributed by atoms with Crippen molar-refractivity contribution in [3.8, 4) is 0 Å². The molecule has 0 unspecified atom stereocenters. The molecule has 9 heteroatoms. The van der Waals surface area contributed by atoms with Gasteiger partial charge in [0, 0.05) is 18.6 Å². The zero-order chi connectivity index (χ0) is 19.6. The highest BCUT2D eigenvalue weighted by molar-refractivity contribution is 7.90. The van der Waals surface area contributed by atoms with E-state index in [0.717, 1.165) is 21.9 Å². The number of carbonyl (C=O) groups is 1. The molecule has 0 aliphatic heterocycles. The lowest BCUT2D eigenvalue weighted by Crippen LogP contribution is -2.23. The van der Waals surface area contributed by atoms with Gasteiger partial charge >= 0.3 is 0 Å². The van der Waals surface area contributed by atoms with Crippen LogP contribution in [0, 0.1) is 19.7 Å². The Hall–Kier alpha value is -3.07. The third-order valence-corrected chi connectivity index (χ3v) is 5.51. The van der Waals surface area contributed by atoms with Gasteiger partial charge in [-0.15, -0.1) is 0 Å². The molecule has 0 saturated heterocycles. The molecule has 27 heavy (non-hydrogen) atoms. The van der Waals surface area contributed by atoms with E-state index >= 15 is 0 Å². The molecule has 1 aromatic carbocycles. The van der Waals surface area contributed by atoms with Crippen LogP contribution in [0.3, 0.4) is 0 Å². The minimum Gasteiger partial charge on any atom is -0.346 e. The zero-order valence-corrected chi connectivity index (χ0v) is 15.5. The summed E-state index contributed by atoms with van der Waals surface area (Å²) in [5.41, 5.74) is 2.07. The average Bonchev–Trinajstić information content (AvgIpc) is 3.12. The Morgan fingerprint density at radius 3 is 2.63 bits per heavy atom. The summed E-state index contributed by atoms with van der Waals surface area (Å²) in [4.78, 5) is 20.0. The number of hydrogen-bond acceptors (Lipinski definition) is 5. The third kappa shape index (κ3) is 4.03. The largest absolute Gasteiger partial charge is 0.346 e. The molecule has 2 aromatic heterocycles. The van der Waals surface area contributed by atoms with Crippen molar-refractivity contribution in [2.45, 2.75) is 25.3 Å². The highest BCUT2D eigenvalue weighted by atomic mass is 32.2. The van der Waals surface area contributed by atoms with Gasteiger partial charge in [0.15, 0.2) is 0 Å². The van der Waals surface area contributed by atoms with E-state index in [1.165, 1.54) is 24.4 Å². The van der Waals surface area contributed by atoms with Crippen LogP contribution in [0.25, 0.3) is 0 Å². The summed E-state index contributed by atoms with van der Waals surface area (Å²) in [6.45, 7) is 3.61. The van der Waals surface area contributed by atoms with E-state index in [1.54, 1.807) is 26.2 Å². The number of benzene rings is 1. The Labute approximate surface area is 156 Å². The molecule has 1 N–H and O–H groups in total. The quantitative estimate of drug-likeness (QED) is 0.723. The van der Waals surface area contributed by atoms with Gasteiger partial charge in [0.25, 0.3) is 15.9 Å². The van der Waals surface area contributed by atoms with E-state index in [1.807, 2.05) is 0 Å². The predicted octanol–water partition coefficient (Wildman–Crippen LogP) is 2.20. The lowest BCUT2D eigenvalue weighted by molar-refractivity contribution is 0.0950. The van der Waals surface area contributed by atoms with Crippen LogP contribution in [-0.2, 0) is 16.6 Å². The normalized spacial score (nSPS) is 11.4. The third-order valence-electron chi connectivity index (χ3n) is 3.84. The summed E-state index contributed by atoms with van der Waals surface area (Å²) in [7, 11) is -4.13. The molecule has 0 aliphatic rings. The molecule has 0 saturated carbocycles. The van der Waals surface area contributed by atoms with Crippen molar-refractivity contribution < 1.29 is 17.6 Å². The first-order valence-corrected chi connectivity index (χ1v) is 9.47. The topological polar surface area (TPSA) is 94.0 Å². The van der Waals surface area contributed by atoms with Gasteiger partial charge in [-0.05, 0) is 37.6 Å². The molecule has 3 rings (SSSR count). The number of nitrogens with zero attached hydrogens (tertiary/aromatic N) is 3. The van der Waals surface area contributed by atoms with Crippen LogP contribution in [0.5, 0.6) is 0 Å². The van der Waals surface area contributed by atoms with Gasteiger partial charge in [-0.1, -0.05) is 6.07 Å². The van der Waals surface area contributed by atoms with E-state index in [-0.39, 0.29) is 12.1 Å². The maximum Gasteiger partial charge on any atom is 0.270 e. The second kappa shape index (κ2) is 7.28. The van der Waals surface area contributed by atoms with Crippen LogP contribution < -0.4 is 5.32 Å². The van der Waals surface area contributed by atoms with Crippen molar-refractivity contribution in [2.75, 3.05) is 0 Å². The minimum atomic E-state index is -4.13. The molecule has 140 valence electrons. The summed E-state index contributed by atoms with van der Waals surface area (Å²) < 4.78 is 40.0. The van der Waals surface area contributed by atoms with Crippen molar-refractivity contribution in [1.29, 1.82) is 0 Å². The van der Waals surface area contributed by atoms with E-state index < -0.39 is 26.6 Å². The Morgan fingerprint density at radius 1 is 1.19 bits per heavy atom. The first-order chi connectivity index (χ1) is 12.8. The van der Waals surface area contributed by atoms with Gasteiger partial charge in [-0.2, -0.15) is 0 Å². The van der Waals surface area contributed by atoms with Crippen molar-refractivity contribution in [3.63, 3.8) is 0 Å². The lowest BCUT2D eigenvalue weighted by Gasteiger charge is -2.07. The number of halogens is 1. The molecular formula is C18H17FN4O3S. The van der Waals surface area contributed by atoms with Crippen LogP contribution >= 0.6 is 0 Å². The molecule has 0 aliphatic carbocycles. The monoisotopic (exact) mass is 388 g/mol. The second-order valence-electron chi connectivity index (χ2n) is 6.00. The molecule has 3 aromatic rings. The fourth-order valence-electron chi connectivity index (χ4n) is 2.37. The molecule has 0 radical (unpaired) electrons. The Morgan fingerprint density at radius 2 is 1.96 bits per heavy atom. The maximum atomic E-state index is 14.0. The SMILES string of the molecule is Cc1ccc(S(=O)(=O)n2ccc(C(=O)NCc3cnc(C)cn3)c2)c(F)c1. The van der Waals surface area contributed by atoms with E-state index in [9.17, 15) is 17.6 Å². The van der Waals surface area contributed by atoms with Crippen molar-refractivity contribution in [2.24, 2.45) is 0 Å². The minimum absolute atomic E-state index is 0.131. The van der Waals surface area contributed by atoms with Gasteiger partial charge in [-0.3, -0.25) is 14.8 Å². The molecule has 0 spiro atoms. The van der Waals surface area contributed by atoms with Gasteiger partial charge in [0.2, 0.25) is 0 Å². The predicted molar refractivity (Wildman–Crippen MR) is 96.1 cm³/mol. The van der Waals surface area contributed by atoms with Crippen LogP contribution in [0.2, 0.25) is 0 Å². The van der Waals surface area contributed by atoms with E-state index in [0.29, 0.717) is 11.3 Å². The number of nitrogens with one attached hydrogen (secondary N) is 1. The highest BCUT2D eigenvalue weighted by Crippen LogP contribution is 2.19. The van der Waals surface area contributed by atoms with E-state index in [4.69, 9.17) is 0 Å². The molecule has 7 nitrogen and oxygen atoms in total. The van der Waals surface area contributed by atoms with E-state index in [2.05, 4.69) is 15.3 Å². The number of hydrogen-bond donors (Lipinski definition) is 1. The van der Waals surface area contributed by atoms with Crippen molar-refractivity contribution >= 4 is 15.9 Å². The Balaban J connectivity index is 1.77. The first-order valence-electron chi connectivity index (χ1n) is 8.03. The van der Waals surface area contributed by atoms with Gasteiger partial charge < -0.3 is 5.32 Å². The summed E-state index contributed by atoms with van der Waals surface area (Å²) in [5.74, 6) is -1.32. The lowest BCUT2D eigenvalue weighted by atomic mass is 10.2. The molecule has 2 heterocycles. The summed E-state index contributed by atoms with van der Waals surface area (Å²) in [6.07, 6.45) is 5.48. The zero-order valence-electron chi connectivity index (χ0n) is 14.7.